The summed E-state index contributed by atoms with van der Waals surface area (Å²) in [4.78, 5) is 3.60. The highest BCUT2D eigenvalue weighted by Crippen LogP contribution is 2.31. The number of pyridine rings is 1. The molecule has 8 nitrogen and oxygen atoms in total. The van der Waals surface area contributed by atoms with Crippen LogP contribution in [0.5, 0.6) is 0 Å². The van der Waals surface area contributed by atoms with Crippen molar-refractivity contribution in [3.05, 3.63) is 90.8 Å². The quantitative estimate of drug-likeness (QED) is 0.379. The lowest BCUT2D eigenvalue weighted by Crippen LogP contribution is -2.14. The predicted octanol–water partition coefficient (Wildman–Crippen LogP) is 4.67. The second-order valence-electron chi connectivity index (χ2n) is 7.46. The molecule has 0 radical (unpaired) electrons. The van der Waals surface area contributed by atoms with Crippen LogP contribution in [0.15, 0.2) is 90.1 Å². The number of rotatable bonds is 5. The number of hydrogen-bond acceptors (Lipinski definition) is 6. The lowest BCUT2D eigenvalue weighted by Gasteiger charge is -2.11. The van der Waals surface area contributed by atoms with E-state index < -0.39 is 26.7 Å². The third-order valence-electron chi connectivity index (χ3n) is 5.09. The Hall–Kier alpha value is -4.32. The maximum Gasteiger partial charge on any atom is 0.416 e. The van der Waals surface area contributed by atoms with Crippen LogP contribution in [-0.2, 0) is 16.2 Å². The van der Waals surface area contributed by atoms with Crippen molar-refractivity contribution in [2.75, 3.05) is 4.72 Å². The number of anilines is 1. The number of nitrogens with zero attached hydrogens (tertiary/aromatic N) is 5. The molecule has 0 atom stereocenters. The molecule has 0 spiro atoms. The standard InChI is InChI=1S/C23H15F3N6O2S/c24-23(25,26)17-4-1-5-19(13-17)35(33,34)31-18-8-6-15(7-9-18)20-10-11-21-28-29-22(32(21)30-20)16-3-2-12-27-14-16/h1-14,31H. The molecule has 1 N–H and O–H groups in total. The first-order valence-corrected chi connectivity index (χ1v) is 11.6. The van der Waals surface area contributed by atoms with E-state index in [9.17, 15) is 21.6 Å². The van der Waals surface area contributed by atoms with Crippen LogP contribution in [0.4, 0.5) is 18.9 Å². The van der Waals surface area contributed by atoms with E-state index in [4.69, 9.17) is 0 Å². The summed E-state index contributed by atoms with van der Waals surface area (Å²) in [5, 5.41) is 12.9. The normalized spacial score (nSPS) is 12.1. The van der Waals surface area contributed by atoms with Crippen LogP contribution in [0.1, 0.15) is 5.56 Å². The molecule has 5 aromatic rings. The monoisotopic (exact) mass is 496 g/mol. The fourth-order valence-corrected chi connectivity index (χ4v) is 4.48. The average Bonchev–Trinajstić information content (AvgIpc) is 3.28. The Balaban J connectivity index is 1.41. The zero-order valence-electron chi connectivity index (χ0n) is 17.7. The molecule has 0 fully saturated rings. The summed E-state index contributed by atoms with van der Waals surface area (Å²) >= 11 is 0. The number of sulfonamides is 1. The molecule has 35 heavy (non-hydrogen) atoms. The van der Waals surface area contributed by atoms with E-state index in [1.807, 2.05) is 6.07 Å². The van der Waals surface area contributed by atoms with Gasteiger partial charge in [0.25, 0.3) is 10.0 Å². The van der Waals surface area contributed by atoms with E-state index in [0.29, 0.717) is 28.8 Å². The van der Waals surface area contributed by atoms with Gasteiger partial charge in [0.2, 0.25) is 0 Å². The molecule has 0 aliphatic rings. The average molecular weight is 496 g/mol. The van der Waals surface area contributed by atoms with Crippen LogP contribution in [0.25, 0.3) is 28.3 Å². The van der Waals surface area contributed by atoms with Gasteiger partial charge in [0.05, 0.1) is 16.2 Å². The van der Waals surface area contributed by atoms with Crippen molar-refractivity contribution in [2.24, 2.45) is 0 Å². The topological polar surface area (TPSA) is 102 Å². The van der Waals surface area contributed by atoms with Gasteiger partial charge in [-0.15, -0.1) is 10.2 Å². The van der Waals surface area contributed by atoms with Gasteiger partial charge in [-0.05, 0) is 54.6 Å². The Labute approximate surface area is 197 Å². The summed E-state index contributed by atoms with van der Waals surface area (Å²) in [5.74, 6) is 0.514. The fourth-order valence-electron chi connectivity index (χ4n) is 3.38. The molecular formula is C23H15F3N6O2S. The number of aromatic nitrogens is 5. The highest BCUT2D eigenvalue weighted by atomic mass is 32.2. The molecule has 3 aromatic heterocycles. The molecule has 3 heterocycles. The molecule has 5 rings (SSSR count). The third kappa shape index (κ3) is 4.55. The van der Waals surface area contributed by atoms with Crippen molar-refractivity contribution in [3.63, 3.8) is 0 Å². The molecule has 0 aliphatic heterocycles. The SMILES string of the molecule is O=S(=O)(Nc1ccc(-c2ccc3nnc(-c4cccnc4)n3n2)cc1)c1cccc(C(F)(F)F)c1. The van der Waals surface area contributed by atoms with E-state index in [0.717, 1.165) is 23.8 Å². The van der Waals surface area contributed by atoms with E-state index in [1.54, 1.807) is 47.2 Å². The minimum Gasteiger partial charge on any atom is -0.280 e. The van der Waals surface area contributed by atoms with Gasteiger partial charge in [0.1, 0.15) is 0 Å². The van der Waals surface area contributed by atoms with E-state index in [1.165, 1.54) is 12.1 Å². The van der Waals surface area contributed by atoms with Crippen LogP contribution in [-0.4, -0.2) is 33.2 Å². The molecular weight excluding hydrogens is 481 g/mol. The van der Waals surface area contributed by atoms with Gasteiger partial charge in [0, 0.05) is 29.2 Å². The second kappa shape index (κ2) is 8.47. The summed E-state index contributed by atoms with van der Waals surface area (Å²) in [6.45, 7) is 0. The Kier molecular flexibility index (Phi) is 5.44. The van der Waals surface area contributed by atoms with Gasteiger partial charge < -0.3 is 0 Å². The van der Waals surface area contributed by atoms with Crippen LogP contribution in [0.2, 0.25) is 0 Å². The van der Waals surface area contributed by atoms with Crippen LogP contribution < -0.4 is 4.72 Å². The first kappa shape index (κ1) is 22.5. The van der Waals surface area contributed by atoms with Crippen molar-refractivity contribution in [3.8, 4) is 22.6 Å². The van der Waals surface area contributed by atoms with Gasteiger partial charge in [-0.25, -0.2) is 8.42 Å². The predicted molar refractivity (Wildman–Crippen MR) is 122 cm³/mol. The number of nitrogens with one attached hydrogen (secondary N) is 1. The number of fused-ring (bicyclic) bond motifs is 1. The van der Waals surface area contributed by atoms with Crippen molar-refractivity contribution >= 4 is 21.4 Å². The number of hydrogen-bond donors (Lipinski definition) is 1. The number of alkyl halides is 3. The summed E-state index contributed by atoms with van der Waals surface area (Å²) < 4.78 is 68.0. The fraction of sp³-hybridized carbons (Fsp3) is 0.0435. The van der Waals surface area contributed by atoms with Gasteiger partial charge in [0.15, 0.2) is 11.5 Å². The van der Waals surface area contributed by atoms with Crippen molar-refractivity contribution in [1.82, 2.24) is 24.8 Å². The zero-order chi connectivity index (χ0) is 24.6. The Morgan fingerprint density at radius 3 is 2.37 bits per heavy atom. The van der Waals surface area contributed by atoms with Gasteiger partial charge >= 0.3 is 6.18 Å². The molecule has 0 aliphatic carbocycles. The Bertz CT molecular complexity index is 1620. The minimum atomic E-state index is -4.65. The molecule has 0 amide bonds. The third-order valence-corrected chi connectivity index (χ3v) is 6.47. The highest BCUT2D eigenvalue weighted by Gasteiger charge is 2.31. The number of benzene rings is 2. The highest BCUT2D eigenvalue weighted by molar-refractivity contribution is 7.92. The summed E-state index contributed by atoms with van der Waals surface area (Å²) in [5.41, 5.74) is 1.68. The summed E-state index contributed by atoms with van der Waals surface area (Å²) in [6, 6.07) is 17.0. The lowest BCUT2D eigenvalue weighted by atomic mass is 10.1. The van der Waals surface area contributed by atoms with Crippen molar-refractivity contribution in [1.29, 1.82) is 0 Å². The molecule has 0 bridgehead atoms. The maximum absolute atomic E-state index is 13.0. The van der Waals surface area contributed by atoms with Gasteiger partial charge in [-0.1, -0.05) is 18.2 Å². The smallest absolute Gasteiger partial charge is 0.280 e. The van der Waals surface area contributed by atoms with Crippen molar-refractivity contribution in [2.45, 2.75) is 11.1 Å². The molecule has 0 saturated heterocycles. The second-order valence-corrected chi connectivity index (χ2v) is 9.14. The van der Waals surface area contributed by atoms with E-state index >= 15 is 0 Å². The Morgan fingerprint density at radius 2 is 1.66 bits per heavy atom. The van der Waals surface area contributed by atoms with E-state index in [2.05, 4.69) is 25.0 Å². The zero-order valence-corrected chi connectivity index (χ0v) is 18.5. The maximum atomic E-state index is 13.0. The van der Waals surface area contributed by atoms with Crippen LogP contribution in [0.3, 0.4) is 0 Å². The van der Waals surface area contributed by atoms with E-state index in [-0.39, 0.29) is 5.69 Å². The molecule has 2 aromatic carbocycles. The van der Waals surface area contributed by atoms with Gasteiger partial charge in [-0.2, -0.15) is 22.8 Å². The first-order chi connectivity index (χ1) is 16.7. The Morgan fingerprint density at radius 1 is 0.857 bits per heavy atom. The molecule has 12 heteroatoms. The number of halogens is 3. The summed E-state index contributed by atoms with van der Waals surface area (Å²) in [6.07, 6.45) is -1.35. The molecule has 0 unspecified atom stereocenters. The van der Waals surface area contributed by atoms with Crippen LogP contribution >= 0.6 is 0 Å². The minimum absolute atomic E-state index is 0.188. The summed E-state index contributed by atoms with van der Waals surface area (Å²) in [7, 11) is -4.22. The van der Waals surface area contributed by atoms with Crippen molar-refractivity contribution < 1.29 is 21.6 Å². The molecule has 0 saturated carbocycles. The van der Waals surface area contributed by atoms with Gasteiger partial charge in [-0.3, -0.25) is 9.71 Å². The molecule has 176 valence electrons. The lowest BCUT2D eigenvalue weighted by molar-refractivity contribution is -0.137. The van der Waals surface area contributed by atoms with Crippen LogP contribution in [0, 0.1) is 0 Å². The largest absolute Gasteiger partial charge is 0.416 e. The first-order valence-electron chi connectivity index (χ1n) is 10.1.